The molecular formula is C12H10BrNOS. The van der Waals surface area contributed by atoms with Crippen LogP contribution in [0.3, 0.4) is 0 Å². The maximum absolute atomic E-state index is 9.36. The van der Waals surface area contributed by atoms with Gasteiger partial charge in [0, 0.05) is 11.1 Å². The number of benzene rings is 1. The molecule has 0 saturated carbocycles. The summed E-state index contributed by atoms with van der Waals surface area (Å²) in [7, 11) is 0. The minimum absolute atomic E-state index is 0.272. The lowest BCUT2D eigenvalue weighted by Crippen LogP contribution is -1.83. The maximum Gasteiger partial charge on any atom is 0.116 e. The molecule has 0 amide bonds. The van der Waals surface area contributed by atoms with Gasteiger partial charge in [-0.3, -0.25) is 0 Å². The minimum atomic E-state index is 0.272. The minimum Gasteiger partial charge on any atom is -0.508 e. The normalized spacial score (nSPS) is 10.4. The van der Waals surface area contributed by atoms with E-state index in [4.69, 9.17) is 0 Å². The largest absolute Gasteiger partial charge is 0.508 e. The molecule has 0 bridgehead atoms. The summed E-state index contributed by atoms with van der Waals surface area (Å²) in [5.74, 6) is 0.272. The monoisotopic (exact) mass is 295 g/mol. The molecule has 2 aromatic rings. The highest BCUT2D eigenvalue weighted by molar-refractivity contribution is 9.10. The van der Waals surface area contributed by atoms with Crippen LogP contribution in [0.2, 0.25) is 0 Å². The number of aryl methyl sites for hydroxylation is 1. The summed E-state index contributed by atoms with van der Waals surface area (Å²) in [5.41, 5.74) is 1.12. The Labute approximate surface area is 107 Å². The van der Waals surface area contributed by atoms with Crippen molar-refractivity contribution in [2.75, 3.05) is 0 Å². The molecule has 82 valence electrons. The molecule has 1 N–H and O–H groups in total. The first kappa shape index (κ1) is 11.5. The highest BCUT2D eigenvalue weighted by atomic mass is 79.9. The van der Waals surface area contributed by atoms with E-state index >= 15 is 0 Å². The van der Waals surface area contributed by atoms with Gasteiger partial charge in [0.05, 0.1) is 4.47 Å². The second kappa shape index (κ2) is 4.89. The lowest BCUT2D eigenvalue weighted by Gasteiger charge is -2.04. The smallest absolute Gasteiger partial charge is 0.116 e. The van der Waals surface area contributed by atoms with E-state index in [0.29, 0.717) is 0 Å². The number of aromatic hydroxyl groups is 1. The van der Waals surface area contributed by atoms with Crippen molar-refractivity contribution in [3.05, 3.63) is 46.6 Å². The molecule has 1 heterocycles. The van der Waals surface area contributed by atoms with Gasteiger partial charge in [0.15, 0.2) is 0 Å². The van der Waals surface area contributed by atoms with Crippen molar-refractivity contribution >= 4 is 27.7 Å². The molecule has 0 spiro atoms. The lowest BCUT2D eigenvalue weighted by atomic mass is 10.3. The Kier molecular flexibility index (Phi) is 3.51. The SMILES string of the molecule is Cc1cnc(Sc2cccc(O)c2)c(Br)c1. The van der Waals surface area contributed by atoms with Crippen molar-refractivity contribution in [1.29, 1.82) is 0 Å². The van der Waals surface area contributed by atoms with Crippen molar-refractivity contribution in [2.24, 2.45) is 0 Å². The van der Waals surface area contributed by atoms with Gasteiger partial charge in [-0.15, -0.1) is 0 Å². The summed E-state index contributed by atoms with van der Waals surface area (Å²) in [6.45, 7) is 2.00. The van der Waals surface area contributed by atoms with E-state index in [2.05, 4.69) is 20.9 Å². The second-order valence-corrected chi connectivity index (χ2v) is 5.32. The van der Waals surface area contributed by atoms with Gasteiger partial charge >= 0.3 is 0 Å². The molecule has 2 nitrogen and oxygen atoms in total. The standard InChI is InChI=1S/C12H10BrNOS/c1-8-5-11(13)12(14-7-8)16-10-4-2-3-9(15)6-10/h2-7,15H,1H3. The van der Waals surface area contributed by atoms with Crippen molar-refractivity contribution in [3.63, 3.8) is 0 Å². The Morgan fingerprint density at radius 3 is 2.81 bits per heavy atom. The molecular weight excluding hydrogens is 286 g/mol. The van der Waals surface area contributed by atoms with Crippen LogP contribution in [0, 0.1) is 6.92 Å². The Morgan fingerprint density at radius 2 is 2.12 bits per heavy atom. The van der Waals surface area contributed by atoms with Crippen molar-refractivity contribution < 1.29 is 5.11 Å². The fourth-order valence-corrected chi connectivity index (χ4v) is 2.77. The highest BCUT2D eigenvalue weighted by Gasteiger charge is 2.04. The molecule has 0 saturated heterocycles. The predicted molar refractivity (Wildman–Crippen MR) is 68.9 cm³/mol. The van der Waals surface area contributed by atoms with E-state index in [1.807, 2.05) is 31.3 Å². The van der Waals surface area contributed by atoms with Crippen molar-refractivity contribution in [2.45, 2.75) is 16.8 Å². The third kappa shape index (κ3) is 2.77. The summed E-state index contributed by atoms with van der Waals surface area (Å²) in [4.78, 5) is 5.31. The summed E-state index contributed by atoms with van der Waals surface area (Å²) in [6.07, 6.45) is 1.83. The van der Waals surface area contributed by atoms with Gasteiger partial charge in [-0.2, -0.15) is 0 Å². The Morgan fingerprint density at radius 1 is 1.31 bits per heavy atom. The summed E-state index contributed by atoms with van der Waals surface area (Å²) in [6, 6.07) is 9.16. The van der Waals surface area contributed by atoms with Gasteiger partial charge < -0.3 is 5.11 Å². The van der Waals surface area contributed by atoms with E-state index in [1.165, 1.54) is 11.8 Å². The van der Waals surface area contributed by atoms with Crippen LogP contribution in [0.15, 0.2) is 50.9 Å². The lowest BCUT2D eigenvalue weighted by molar-refractivity contribution is 0.474. The number of rotatable bonds is 2. The van der Waals surface area contributed by atoms with E-state index in [9.17, 15) is 5.11 Å². The zero-order chi connectivity index (χ0) is 11.5. The Hall–Kier alpha value is -1.00. The Balaban J connectivity index is 2.27. The fraction of sp³-hybridized carbons (Fsp3) is 0.0833. The van der Waals surface area contributed by atoms with Crippen LogP contribution in [0.5, 0.6) is 5.75 Å². The molecule has 0 unspecified atom stereocenters. The van der Waals surface area contributed by atoms with Crippen LogP contribution < -0.4 is 0 Å². The molecule has 0 fully saturated rings. The number of phenolic OH excluding ortho intramolecular Hbond substituents is 1. The van der Waals surface area contributed by atoms with E-state index in [1.54, 1.807) is 12.1 Å². The van der Waals surface area contributed by atoms with Crippen LogP contribution in [-0.2, 0) is 0 Å². The Bertz CT molecular complexity index is 516. The van der Waals surface area contributed by atoms with Gasteiger partial charge in [-0.1, -0.05) is 17.8 Å². The zero-order valence-electron chi connectivity index (χ0n) is 8.64. The molecule has 2 rings (SSSR count). The molecule has 0 aliphatic rings. The molecule has 0 aliphatic heterocycles. The molecule has 4 heteroatoms. The number of hydrogen-bond acceptors (Lipinski definition) is 3. The topological polar surface area (TPSA) is 33.1 Å². The number of aromatic nitrogens is 1. The number of nitrogens with zero attached hydrogens (tertiary/aromatic N) is 1. The second-order valence-electron chi connectivity index (χ2n) is 3.40. The number of phenols is 1. The molecule has 1 aromatic carbocycles. The first-order valence-corrected chi connectivity index (χ1v) is 6.35. The van der Waals surface area contributed by atoms with Gasteiger partial charge in [0.2, 0.25) is 0 Å². The van der Waals surface area contributed by atoms with Crippen LogP contribution in [0.25, 0.3) is 0 Å². The quantitative estimate of drug-likeness (QED) is 0.909. The molecule has 1 aromatic heterocycles. The molecule has 0 aliphatic carbocycles. The van der Waals surface area contributed by atoms with Gasteiger partial charge in [0.25, 0.3) is 0 Å². The first-order valence-electron chi connectivity index (χ1n) is 4.74. The van der Waals surface area contributed by atoms with E-state index in [0.717, 1.165) is 20.0 Å². The third-order valence-electron chi connectivity index (χ3n) is 1.98. The predicted octanol–water partition coefficient (Wildman–Crippen LogP) is 4.01. The summed E-state index contributed by atoms with van der Waals surface area (Å²) < 4.78 is 0.973. The average molecular weight is 296 g/mol. The molecule has 0 radical (unpaired) electrons. The van der Waals surface area contributed by atoms with Crippen LogP contribution in [0.1, 0.15) is 5.56 Å². The number of halogens is 1. The van der Waals surface area contributed by atoms with E-state index in [-0.39, 0.29) is 5.75 Å². The third-order valence-corrected chi connectivity index (χ3v) is 3.85. The maximum atomic E-state index is 9.36. The molecule has 0 atom stereocenters. The highest BCUT2D eigenvalue weighted by Crippen LogP contribution is 2.33. The van der Waals surface area contributed by atoms with Crippen molar-refractivity contribution in [1.82, 2.24) is 4.98 Å². The number of pyridine rings is 1. The van der Waals surface area contributed by atoms with Crippen LogP contribution in [0.4, 0.5) is 0 Å². The fourth-order valence-electron chi connectivity index (χ4n) is 1.25. The van der Waals surface area contributed by atoms with Crippen molar-refractivity contribution in [3.8, 4) is 5.75 Å². The van der Waals surface area contributed by atoms with Gasteiger partial charge in [-0.05, 0) is 52.7 Å². The van der Waals surface area contributed by atoms with Crippen LogP contribution in [-0.4, -0.2) is 10.1 Å². The number of hydrogen-bond donors (Lipinski definition) is 1. The van der Waals surface area contributed by atoms with Crippen LogP contribution >= 0.6 is 27.7 Å². The van der Waals surface area contributed by atoms with Gasteiger partial charge in [0.1, 0.15) is 10.8 Å². The van der Waals surface area contributed by atoms with E-state index < -0.39 is 0 Å². The average Bonchev–Trinajstić information content (AvgIpc) is 2.22. The summed E-state index contributed by atoms with van der Waals surface area (Å²) >= 11 is 5.00. The summed E-state index contributed by atoms with van der Waals surface area (Å²) in [5, 5.41) is 10.3. The zero-order valence-corrected chi connectivity index (χ0v) is 11.0. The van der Waals surface area contributed by atoms with Gasteiger partial charge in [-0.25, -0.2) is 4.98 Å². The first-order chi connectivity index (χ1) is 7.65. The molecule has 16 heavy (non-hydrogen) atoms.